The summed E-state index contributed by atoms with van der Waals surface area (Å²) in [5.74, 6) is -2.73. The molecule has 15 nitrogen and oxygen atoms in total. The molecule has 0 saturated carbocycles. The number of benzene rings is 2. The summed E-state index contributed by atoms with van der Waals surface area (Å²) in [4.78, 5) is 45.1. The van der Waals surface area contributed by atoms with Gasteiger partial charge in [0.2, 0.25) is 0 Å². The van der Waals surface area contributed by atoms with Crippen LogP contribution in [0.5, 0.6) is 0 Å². The van der Waals surface area contributed by atoms with Crippen molar-refractivity contribution in [2.45, 2.75) is 77.6 Å². The van der Waals surface area contributed by atoms with Crippen LogP contribution >= 0.6 is 0 Å². The summed E-state index contributed by atoms with van der Waals surface area (Å²) in [6.45, 7) is 8.05. The van der Waals surface area contributed by atoms with Gasteiger partial charge in [-0.15, -0.1) is 0 Å². The number of hydrogen-bond donors (Lipinski definition) is 4. The minimum absolute atomic E-state index is 0.0860. The maximum Gasteiger partial charge on any atom is 0.511 e. The quantitative estimate of drug-likeness (QED) is 0.0592. The highest BCUT2D eigenvalue weighted by Gasteiger charge is 2.45. The predicted octanol–water partition coefficient (Wildman–Crippen LogP) is 5.25. The van der Waals surface area contributed by atoms with Crippen molar-refractivity contribution in [1.29, 1.82) is 0 Å². The van der Waals surface area contributed by atoms with E-state index in [2.05, 4.69) is 19.6 Å². The van der Waals surface area contributed by atoms with E-state index in [1.807, 2.05) is 87.5 Å². The topological polar surface area (TPSA) is 193 Å². The third-order valence-electron chi connectivity index (χ3n) is 7.58. The molecule has 4 N–H and O–H groups in total. The zero-order valence-electron chi connectivity index (χ0n) is 27.7. The molecule has 1 heterocycles. The first-order valence-electron chi connectivity index (χ1n) is 15.4. The van der Waals surface area contributed by atoms with Gasteiger partial charge >= 0.3 is 12.1 Å². The second-order valence-electron chi connectivity index (χ2n) is 11.8. The summed E-state index contributed by atoms with van der Waals surface area (Å²) in [5, 5.41) is 34.0. The molecule has 48 heavy (non-hydrogen) atoms. The fourth-order valence-corrected chi connectivity index (χ4v) is 5.38. The number of hydrogen-bond acceptors (Lipinski definition) is 15. The van der Waals surface area contributed by atoms with Gasteiger partial charge in [0, 0.05) is 37.1 Å². The fourth-order valence-electron chi connectivity index (χ4n) is 5.38. The molecule has 15 heteroatoms. The van der Waals surface area contributed by atoms with Crippen LogP contribution in [0.1, 0.15) is 68.4 Å². The highest BCUT2D eigenvalue weighted by atomic mass is 17.1. The summed E-state index contributed by atoms with van der Waals surface area (Å²) >= 11 is 0. The Morgan fingerprint density at radius 3 is 1.90 bits per heavy atom. The van der Waals surface area contributed by atoms with E-state index in [9.17, 15) is 9.59 Å². The van der Waals surface area contributed by atoms with Crippen molar-refractivity contribution in [3.63, 3.8) is 0 Å². The molecule has 2 aromatic carbocycles. The van der Waals surface area contributed by atoms with E-state index in [0.29, 0.717) is 18.7 Å². The molecule has 0 amide bonds. The third kappa shape index (κ3) is 11.9. The number of carbonyl (C=O) groups is 2. The molecule has 1 unspecified atom stereocenters. The average molecular weight is 673 g/mol. The van der Waals surface area contributed by atoms with Crippen LogP contribution in [0.2, 0.25) is 0 Å². The second kappa shape index (κ2) is 17.9. The molecule has 3 aromatic rings. The normalized spacial score (nSPS) is 13.3. The molecule has 0 spiro atoms. The van der Waals surface area contributed by atoms with Crippen LogP contribution in [0.15, 0.2) is 66.7 Å². The van der Waals surface area contributed by atoms with Gasteiger partial charge in [0.25, 0.3) is 5.79 Å². The van der Waals surface area contributed by atoms with Gasteiger partial charge in [0.1, 0.15) is 18.5 Å². The van der Waals surface area contributed by atoms with Gasteiger partial charge in [0.05, 0.1) is 23.3 Å². The number of unbranched alkanes of at least 4 members (excludes halogenated alkanes) is 1. The summed E-state index contributed by atoms with van der Waals surface area (Å²) in [6.07, 6.45) is -1.08. The van der Waals surface area contributed by atoms with Crippen LogP contribution in [0, 0.1) is 19.8 Å². The van der Waals surface area contributed by atoms with Crippen molar-refractivity contribution < 1.29 is 54.3 Å². The summed E-state index contributed by atoms with van der Waals surface area (Å²) < 4.78 is 16.5. The Morgan fingerprint density at radius 2 is 1.38 bits per heavy atom. The largest absolute Gasteiger partial charge is 0.511 e. The van der Waals surface area contributed by atoms with Gasteiger partial charge in [-0.25, -0.2) is 24.4 Å². The van der Waals surface area contributed by atoms with Crippen molar-refractivity contribution >= 4 is 12.1 Å². The van der Waals surface area contributed by atoms with Gasteiger partial charge in [-0.2, -0.15) is 0 Å². The number of carbonyl (C=O) groups excluding carboxylic acids is 2. The molecule has 0 radical (unpaired) electrons. The molecule has 0 aliphatic carbocycles. The number of nitrogens with zero attached hydrogens (tertiary/aromatic N) is 4. The molecule has 0 fully saturated rings. The number of esters is 1. The number of aromatic nitrogens is 2. The van der Waals surface area contributed by atoms with Crippen molar-refractivity contribution in [1.82, 2.24) is 20.7 Å². The Kier molecular flexibility index (Phi) is 14.3. The van der Waals surface area contributed by atoms with E-state index in [-0.39, 0.29) is 19.4 Å². The van der Waals surface area contributed by atoms with Crippen molar-refractivity contribution in [3.8, 4) is 0 Å². The van der Waals surface area contributed by atoms with Crippen LogP contribution < -0.4 is 0 Å². The third-order valence-corrected chi connectivity index (χ3v) is 7.58. The lowest BCUT2D eigenvalue weighted by Gasteiger charge is -2.38. The molecular formula is C33H44N4O11. The Hall–Kier alpha value is -4.06. The molecule has 0 bridgehead atoms. The SMILES string of the molecule is Cc1cc(C)nc(C[C@H](C(=O)OC(C)(C)OC(=O)OCCCCC(CON(O)O)ON(O)O)C(C)(c2ccccc2)c2ccccc2)n1. The number of rotatable bonds is 18. The molecule has 1 aromatic heterocycles. The van der Waals surface area contributed by atoms with Gasteiger partial charge in [-0.05, 0) is 50.3 Å². The van der Waals surface area contributed by atoms with Gasteiger partial charge in [-0.1, -0.05) is 67.6 Å². The molecule has 2 atom stereocenters. The highest BCUT2D eigenvalue weighted by molar-refractivity contribution is 5.77. The molecule has 262 valence electrons. The van der Waals surface area contributed by atoms with Crippen LogP contribution in [0.3, 0.4) is 0 Å². The van der Waals surface area contributed by atoms with Gasteiger partial charge in [-0.3, -0.25) is 25.6 Å². The van der Waals surface area contributed by atoms with Crippen molar-refractivity contribution in [3.05, 3.63) is 95.1 Å². The van der Waals surface area contributed by atoms with Gasteiger partial charge < -0.3 is 14.2 Å². The van der Waals surface area contributed by atoms with Crippen molar-refractivity contribution in [2.75, 3.05) is 13.2 Å². The molecule has 0 aliphatic heterocycles. The van der Waals surface area contributed by atoms with E-state index in [1.165, 1.54) is 13.8 Å². The molecule has 0 saturated heterocycles. The Bertz CT molecular complexity index is 1380. The number of aryl methyl sites for hydroxylation is 2. The maximum atomic E-state index is 14.2. The van der Waals surface area contributed by atoms with Crippen LogP contribution in [0.4, 0.5) is 4.79 Å². The van der Waals surface area contributed by atoms with E-state index in [4.69, 9.17) is 35.0 Å². The minimum Gasteiger partial charge on any atom is -0.434 e. The zero-order valence-corrected chi connectivity index (χ0v) is 27.7. The van der Waals surface area contributed by atoms with Gasteiger partial charge in [0.15, 0.2) is 0 Å². The summed E-state index contributed by atoms with van der Waals surface area (Å²) in [6, 6.07) is 21.1. The van der Waals surface area contributed by atoms with Crippen molar-refractivity contribution in [2.24, 2.45) is 5.92 Å². The van der Waals surface area contributed by atoms with E-state index >= 15 is 0 Å². The lowest BCUT2D eigenvalue weighted by Crippen LogP contribution is -2.45. The predicted molar refractivity (Wildman–Crippen MR) is 166 cm³/mol. The minimum atomic E-state index is -1.72. The lowest BCUT2D eigenvalue weighted by molar-refractivity contribution is -0.527. The standard InChI is InChI=1S/C33H44N4O11/c1-23-20-24(2)35-29(34-23)21-28(33(5,25-14-8-6-9-15-25)26-16-10-7-11-17-26)30(38)46-32(3,4)47-31(39)44-19-13-12-18-27(48-37(42)43)22-45-36(40)41/h6-11,14-17,20,27-28,40-43H,12-13,18-19,21-22H2,1-5H3/t27?,28-/m1/s1. The van der Waals surface area contributed by atoms with E-state index in [1.54, 1.807) is 0 Å². The summed E-state index contributed by atoms with van der Waals surface area (Å²) in [5.41, 5.74) is 2.37. The first-order chi connectivity index (χ1) is 22.7. The summed E-state index contributed by atoms with van der Waals surface area (Å²) in [7, 11) is 0. The second-order valence-corrected chi connectivity index (χ2v) is 11.8. The Morgan fingerprint density at radius 1 is 0.812 bits per heavy atom. The number of ether oxygens (including phenoxy) is 3. The monoisotopic (exact) mass is 672 g/mol. The first kappa shape index (κ1) is 38.4. The molecule has 3 rings (SSSR count). The van der Waals surface area contributed by atoms with Crippen LogP contribution in [-0.2, 0) is 40.5 Å². The lowest BCUT2D eigenvalue weighted by atomic mass is 9.66. The van der Waals surface area contributed by atoms with Crippen LogP contribution in [0.25, 0.3) is 0 Å². The fraction of sp³-hybridized carbons (Fsp3) is 0.455. The average Bonchev–Trinajstić information content (AvgIpc) is 3.01. The highest BCUT2D eigenvalue weighted by Crippen LogP contribution is 2.42. The Labute approximate surface area is 279 Å². The van der Waals surface area contributed by atoms with Crippen LogP contribution in [-0.4, -0.2) is 78.8 Å². The first-order valence-corrected chi connectivity index (χ1v) is 15.4. The maximum absolute atomic E-state index is 14.2. The van der Waals surface area contributed by atoms with E-state index < -0.39 is 52.7 Å². The Balaban J connectivity index is 1.73. The van der Waals surface area contributed by atoms with E-state index in [0.717, 1.165) is 22.5 Å². The molecule has 0 aliphatic rings. The smallest absolute Gasteiger partial charge is 0.434 e. The molecular weight excluding hydrogens is 628 g/mol. The zero-order chi connectivity index (χ0) is 35.3.